The van der Waals surface area contributed by atoms with Crippen LogP contribution in [-0.4, -0.2) is 24.1 Å². The Hall–Kier alpha value is -1.66. The molecule has 1 atom stereocenters. The molecule has 2 aromatic rings. The highest BCUT2D eigenvalue weighted by Crippen LogP contribution is 2.30. The van der Waals surface area contributed by atoms with E-state index in [2.05, 4.69) is 0 Å². The summed E-state index contributed by atoms with van der Waals surface area (Å²) in [4.78, 5) is 24.9. The number of ketones is 1. The molecule has 0 aliphatic heterocycles. The van der Waals surface area contributed by atoms with Crippen molar-refractivity contribution in [3.63, 3.8) is 0 Å². The first-order valence-electron chi connectivity index (χ1n) is 6.89. The molecule has 0 aliphatic carbocycles. The van der Waals surface area contributed by atoms with Crippen molar-refractivity contribution in [3.05, 3.63) is 36.4 Å². The summed E-state index contributed by atoms with van der Waals surface area (Å²) < 4.78 is 6.72. The standard InChI is InChI=1S/C16H18NO3S2/c1-4-12(18)15(16(19)20-3)21-14-10-13(22-17(14)2)11-8-6-5-7-9-11/h5-10,15H,4H2,1-3H3/q+1. The third-order valence-corrected chi connectivity index (χ3v) is 5.61. The number of hydrogen-bond donors (Lipinski definition) is 0. The molecule has 0 spiro atoms. The van der Waals surface area contributed by atoms with Crippen molar-refractivity contribution >= 4 is 35.0 Å². The average Bonchev–Trinajstić information content (AvgIpc) is 2.93. The molecular weight excluding hydrogens is 318 g/mol. The van der Waals surface area contributed by atoms with E-state index < -0.39 is 11.2 Å². The van der Waals surface area contributed by atoms with Gasteiger partial charge in [0, 0.05) is 12.5 Å². The first kappa shape index (κ1) is 16.7. The predicted molar refractivity (Wildman–Crippen MR) is 87.9 cm³/mol. The second-order valence-corrected chi connectivity index (χ2v) is 6.94. The molecule has 0 aliphatic rings. The molecule has 116 valence electrons. The zero-order chi connectivity index (χ0) is 16.1. The van der Waals surface area contributed by atoms with Crippen LogP contribution in [0.1, 0.15) is 13.3 Å². The summed E-state index contributed by atoms with van der Waals surface area (Å²) >= 11 is 2.83. The van der Waals surface area contributed by atoms with E-state index >= 15 is 0 Å². The van der Waals surface area contributed by atoms with Gasteiger partial charge >= 0.3 is 5.97 Å². The molecular formula is C16H18NO3S2+. The van der Waals surface area contributed by atoms with Crippen LogP contribution in [0.4, 0.5) is 0 Å². The molecule has 0 amide bonds. The zero-order valence-corrected chi connectivity index (χ0v) is 14.4. The molecule has 0 saturated carbocycles. The highest BCUT2D eigenvalue weighted by atomic mass is 32.2. The average molecular weight is 336 g/mol. The van der Waals surface area contributed by atoms with Gasteiger partial charge in [-0.3, -0.25) is 9.59 Å². The van der Waals surface area contributed by atoms with Crippen LogP contribution in [0.2, 0.25) is 0 Å². The lowest BCUT2D eigenvalue weighted by atomic mass is 10.2. The number of nitrogens with zero attached hydrogens (tertiary/aromatic N) is 1. The summed E-state index contributed by atoms with van der Waals surface area (Å²) in [7, 11) is 3.23. The van der Waals surface area contributed by atoms with Crippen LogP contribution in [-0.2, 0) is 21.4 Å². The predicted octanol–water partition coefficient (Wildman–Crippen LogP) is 2.85. The van der Waals surface area contributed by atoms with Crippen LogP contribution >= 0.6 is 23.3 Å². The van der Waals surface area contributed by atoms with Crippen LogP contribution in [0.5, 0.6) is 0 Å². The number of esters is 1. The van der Waals surface area contributed by atoms with Crippen LogP contribution in [0.3, 0.4) is 0 Å². The Bertz CT molecular complexity index is 651. The highest BCUT2D eigenvalue weighted by molar-refractivity contribution is 8.01. The van der Waals surface area contributed by atoms with Crippen molar-refractivity contribution in [3.8, 4) is 10.4 Å². The SMILES string of the molecule is CCC(=O)C(Sc1cc(-c2ccccc2)s[n+]1C)C(=O)OC. The fourth-order valence-electron chi connectivity index (χ4n) is 1.93. The van der Waals surface area contributed by atoms with E-state index in [1.54, 1.807) is 18.5 Å². The van der Waals surface area contributed by atoms with Gasteiger partial charge in [0.2, 0.25) is 0 Å². The molecule has 6 heteroatoms. The van der Waals surface area contributed by atoms with Crippen molar-refractivity contribution in [1.82, 2.24) is 0 Å². The van der Waals surface area contributed by atoms with Crippen LogP contribution in [0.25, 0.3) is 10.4 Å². The topological polar surface area (TPSA) is 47.2 Å². The number of carbonyl (C=O) groups excluding carboxylic acids is 2. The number of rotatable bonds is 6. The maximum absolute atomic E-state index is 12.0. The summed E-state index contributed by atoms with van der Waals surface area (Å²) in [6.07, 6.45) is 0.312. The minimum absolute atomic E-state index is 0.121. The summed E-state index contributed by atoms with van der Waals surface area (Å²) in [5, 5.41) is 0.0699. The summed E-state index contributed by atoms with van der Waals surface area (Å²) in [6.45, 7) is 1.75. The van der Waals surface area contributed by atoms with Crippen molar-refractivity contribution in [2.24, 2.45) is 7.05 Å². The minimum Gasteiger partial charge on any atom is -0.468 e. The third-order valence-electron chi connectivity index (χ3n) is 3.15. The summed E-state index contributed by atoms with van der Waals surface area (Å²) in [5.41, 5.74) is 1.12. The second-order valence-electron chi connectivity index (χ2n) is 4.64. The maximum atomic E-state index is 12.0. The Morgan fingerprint density at radius 2 is 2.00 bits per heavy atom. The summed E-state index contributed by atoms with van der Waals surface area (Å²) in [5.74, 6) is -0.617. The highest BCUT2D eigenvalue weighted by Gasteiger charge is 2.31. The number of carbonyl (C=O) groups is 2. The fraction of sp³-hybridized carbons (Fsp3) is 0.312. The quantitative estimate of drug-likeness (QED) is 0.352. The van der Waals surface area contributed by atoms with E-state index in [9.17, 15) is 9.59 Å². The first-order valence-corrected chi connectivity index (χ1v) is 8.55. The zero-order valence-electron chi connectivity index (χ0n) is 12.7. The van der Waals surface area contributed by atoms with E-state index in [0.717, 1.165) is 15.5 Å². The van der Waals surface area contributed by atoms with Gasteiger partial charge in [-0.25, -0.2) is 0 Å². The number of hydrogen-bond acceptors (Lipinski definition) is 5. The Kier molecular flexibility index (Phi) is 5.74. The monoisotopic (exact) mass is 336 g/mol. The van der Waals surface area contributed by atoms with Crippen molar-refractivity contribution < 1.29 is 18.3 Å². The minimum atomic E-state index is -0.806. The Labute approximate surface area is 138 Å². The molecule has 0 bridgehead atoms. The van der Waals surface area contributed by atoms with Crippen molar-refractivity contribution in [2.45, 2.75) is 23.6 Å². The van der Waals surface area contributed by atoms with Crippen molar-refractivity contribution in [1.29, 1.82) is 0 Å². The smallest absolute Gasteiger partial charge is 0.327 e. The maximum Gasteiger partial charge on any atom is 0.327 e. The lowest BCUT2D eigenvalue weighted by molar-refractivity contribution is -0.640. The van der Waals surface area contributed by atoms with Gasteiger partial charge in [-0.15, -0.1) is 3.96 Å². The number of ether oxygens (including phenoxy) is 1. The Morgan fingerprint density at radius 1 is 1.32 bits per heavy atom. The van der Waals surface area contributed by atoms with Crippen LogP contribution < -0.4 is 3.96 Å². The van der Waals surface area contributed by atoms with E-state index in [4.69, 9.17) is 4.74 Å². The van der Waals surface area contributed by atoms with Crippen LogP contribution in [0.15, 0.2) is 41.4 Å². The van der Waals surface area contributed by atoms with Crippen LogP contribution in [0, 0.1) is 0 Å². The molecule has 2 rings (SSSR count). The molecule has 0 saturated heterocycles. The molecule has 0 radical (unpaired) electrons. The molecule has 1 aromatic carbocycles. The lowest BCUT2D eigenvalue weighted by Crippen LogP contribution is -2.31. The number of Topliss-reactive ketones (excluding diaryl/α,β-unsaturated/α-hetero) is 1. The van der Waals surface area contributed by atoms with E-state index in [1.807, 2.05) is 47.4 Å². The Morgan fingerprint density at radius 3 is 2.59 bits per heavy atom. The van der Waals surface area contributed by atoms with Gasteiger partial charge < -0.3 is 4.74 Å². The largest absolute Gasteiger partial charge is 0.468 e. The van der Waals surface area contributed by atoms with Gasteiger partial charge in [0.1, 0.15) is 16.4 Å². The van der Waals surface area contributed by atoms with Gasteiger partial charge in [0.25, 0.3) is 5.03 Å². The molecule has 22 heavy (non-hydrogen) atoms. The summed E-state index contributed by atoms with van der Waals surface area (Å²) in [6, 6.07) is 12.0. The first-order chi connectivity index (χ1) is 10.6. The number of aromatic nitrogens is 1. The molecule has 0 fully saturated rings. The molecule has 1 aromatic heterocycles. The number of benzene rings is 1. The molecule has 1 unspecified atom stereocenters. The van der Waals surface area contributed by atoms with E-state index in [1.165, 1.54) is 18.9 Å². The van der Waals surface area contributed by atoms with E-state index in [-0.39, 0.29) is 5.78 Å². The molecule has 0 N–H and O–H groups in total. The van der Waals surface area contributed by atoms with Gasteiger partial charge in [-0.1, -0.05) is 37.3 Å². The van der Waals surface area contributed by atoms with Gasteiger partial charge in [-0.05, 0) is 17.3 Å². The van der Waals surface area contributed by atoms with Gasteiger partial charge in [0.05, 0.1) is 7.11 Å². The molecule has 1 heterocycles. The fourth-order valence-corrected chi connectivity index (χ4v) is 4.15. The number of thioether (sulfide) groups is 1. The van der Waals surface area contributed by atoms with E-state index in [0.29, 0.717) is 6.42 Å². The normalized spacial score (nSPS) is 12.0. The van der Waals surface area contributed by atoms with Crippen molar-refractivity contribution in [2.75, 3.05) is 7.11 Å². The van der Waals surface area contributed by atoms with Gasteiger partial charge in [-0.2, -0.15) is 0 Å². The second kappa shape index (κ2) is 7.56. The number of aryl methyl sites for hydroxylation is 1. The van der Waals surface area contributed by atoms with Gasteiger partial charge in [0.15, 0.2) is 18.1 Å². The third kappa shape index (κ3) is 3.75. The lowest BCUT2D eigenvalue weighted by Gasteiger charge is -2.09. The number of methoxy groups -OCH3 is 1. The Balaban J connectivity index is 2.27. The molecule has 4 nitrogen and oxygen atoms in total.